The first-order valence-corrected chi connectivity index (χ1v) is 13.3. The second-order valence-electron chi connectivity index (χ2n) is 8.69. The Morgan fingerprint density at radius 3 is 2.79 bits per heavy atom. The molecule has 1 N–H and O–H groups in total. The summed E-state index contributed by atoms with van der Waals surface area (Å²) in [6.45, 7) is 2.51. The number of nitrogens with one attached hydrogen (secondary N) is 1. The number of rotatable bonds is 6. The topological polar surface area (TPSA) is 64.0 Å². The van der Waals surface area contributed by atoms with E-state index in [9.17, 15) is 9.59 Å². The maximum atomic E-state index is 13.8. The van der Waals surface area contributed by atoms with E-state index in [-0.39, 0.29) is 17.2 Å². The molecule has 0 radical (unpaired) electrons. The summed E-state index contributed by atoms with van der Waals surface area (Å²) in [6.07, 6.45) is 4.59. The van der Waals surface area contributed by atoms with Crippen LogP contribution in [0.4, 0.5) is 0 Å². The first-order valence-electron chi connectivity index (χ1n) is 11.4. The summed E-state index contributed by atoms with van der Waals surface area (Å²) in [5.74, 6) is 0.431. The van der Waals surface area contributed by atoms with Gasteiger partial charge in [-0.2, -0.15) is 0 Å². The number of carbonyl (C=O) groups is 1. The molecule has 7 heteroatoms. The van der Waals surface area contributed by atoms with Crippen LogP contribution in [-0.2, 0) is 11.3 Å². The van der Waals surface area contributed by atoms with Gasteiger partial charge >= 0.3 is 0 Å². The monoisotopic (exact) mass is 477 g/mol. The second kappa shape index (κ2) is 9.77. The Balaban J connectivity index is 1.43. The third-order valence-electron chi connectivity index (χ3n) is 6.31. The molecule has 3 aromatic rings. The lowest BCUT2D eigenvalue weighted by molar-refractivity contribution is -0.118. The van der Waals surface area contributed by atoms with Crippen LogP contribution >= 0.6 is 23.5 Å². The van der Waals surface area contributed by atoms with Crippen molar-refractivity contribution in [2.45, 2.75) is 60.5 Å². The predicted octanol–water partition coefficient (Wildman–Crippen LogP) is 5.08. The zero-order chi connectivity index (χ0) is 22.8. The van der Waals surface area contributed by atoms with Crippen molar-refractivity contribution in [3.8, 4) is 5.69 Å². The van der Waals surface area contributed by atoms with Gasteiger partial charge in [-0.3, -0.25) is 14.2 Å². The van der Waals surface area contributed by atoms with Crippen LogP contribution in [0.25, 0.3) is 5.69 Å². The minimum Gasteiger partial charge on any atom is -0.351 e. The summed E-state index contributed by atoms with van der Waals surface area (Å²) >= 11 is 3.09. The quantitative estimate of drug-likeness (QED) is 0.305. The van der Waals surface area contributed by atoms with E-state index in [1.165, 1.54) is 24.6 Å². The minimum atomic E-state index is -0.0734. The molecule has 1 aliphatic carbocycles. The van der Waals surface area contributed by atoms with Crippen LogP contribution in [0, 0.1) is 6.92 Å². The Bertz CT molecular complexity index is 1230. The molecule has 33 heavy (non-hydrogen) atoms. The fourth-order valence-corrected chi connectivity index (χ4v) is 7.09. The van der Waals surface area contributed by atoms with Crippen molar-refractivity contribution in [2.24, 2.45) is 0 Å². The third kappa shape index (κ3) is 4.75. The third-order valence-corrected chi connectivity index (χ3v) is 8.65. The van der Waals surface area contributed by atoms with Crippen LogP contribution in [-0.4, -0.2) is 26.5 Å². The summed E-state index contributed by atoms with van der Waals surface area (Å²) < 4.78 is 1.72. The molecule has 5 rings (SSSR count). The number of thioether (sulfide) groups is 2. The second-order valence-corrected chi connectivity index (χ2v) is 10.9. The molecule has 1 aliphatic heterocycles. The van der Waals surface area contributed by atoms with Gasteiger partial charge in [-0.05, 0) is 43.0 Å². The molecule has 1 aromatic heterocycles. The van der Waals surface area contributed by atoms with Crippen molar-refractivity contribution in [1.82, 2.24) is 14.9 Å². The Hall–Kier alpha value is -2.51. The van der Waals surface area contributed by atoms with Crippen molar-refractivity contribution >= 4 is 29.4 Å². The number of hydrogen-bond acceptors (Lipinski definition) is 5. The van der Waals surface area contributed by atoms with Crippen LogP contribution in [0.3, 0.4) is 0 Å². The number of benzene rings is 2. The fraction of sp³-hybridized carbons (Fsp3) is 0.346. The van der Waals surface area contributed by atoms with E-state index in [0.29, 0.717) is 22.9 Å². The van der Waals surface area contributed by atoms with Gasteiger partial charge in [0.25, 0.3) is 5.56 Å². The lowest BCUT2D eigenvalue weighted by Gasteiger charge is -2.24. The zero-order valence-electron chi connectivity index (χ0n) is 18.6. The molecule has 5 nitrogen and oxygen atoms in total. The van der Waals surface area contributed by atoms with Crippen LogP contribution in [0.1, 0.15) is 48.3 Å². The summed E-state index contributed by atoms with van der Waals surface area (Å²) in [5, 5.41) is 4.87. The lowest BCUT2D eigenvalue weighted by atomic mass is 9.85. The van der Waals surface area contributed by atoms with E-state index >= 15 is 0 Å². The standard InChI is InChI=1S/C26H27N3O2S2/c1-17-8-7-11-19(14-17)29-25(31)23-20-12-5-6-13-21(20)33-24(23)28-26(29)32-16-22(30)27-15-18-9-3-2-4-10-18/h2-4,7-11,14,20-21H,5-6,12-13,15-16H2,1H3,(H,27,30)/t20-,21-/m0/s1. The Morgan fingerprint density at radius 1 is 1.15 bits per heavy atom. The molecule has 1 amide bonds. The van der Waals surface area contributed by atoms with Gasteiger partial charge in [-0.1, -0.05) is 67.1 Å². The molecule has 0 bridgehead atoms. The van der Waals surface area contributed by atoms with E-state index < -0.39 is 0 Å². The van der Waals surface area contributed by atoms with Crippen LogP contribution in [0.2, 0.25) is 0 Å². The van der Waals surface area contributed by atoms with Gasteiger partial charge in [0.15, 0.2) is 5.16 Å². The number of carbonyl (C=O) groups excluding carboxylic acids is 1. The minimum absolute atomic E-state index is 0.0275. The smallest absolute Gasteiger partial charge is 0.263 e. The Labute approximate surface area is 202 Å². The molecule has 2 aliphatic rings. The summed E-state index contributed by atoms with van der Waals surface area (Å²) in [7, 11) is 0. The van der Waals surface area contributed by atoms with Gasteiger partial charge in [0.1, 0.15) is 5.03 Å². The van der Waals surface area contributed by atoms with Gasteiger partial charge in [-0.15, -0.1) is 11.8 Å². The lowest BCUT2D eigenvalue weighted by Crippen LogP contribution is -2.29. The molecular formula is C26H27N3O2S2. The molecule has 0 unspecified atom stereocenters. The SMILES string of the molecule is Cc1cccc(-n2c(SCC(=O)NCc3ccccc3)nc3c(c2=O)[C@H]2CCCC[C@@H]2S3)c1. The van der Waals surface area contributed by atoms with Crippen molar-refractivity contribution in [3.05, 3.63) is 81.6 Å². The molecule has 1 fully saturated rings. The van der Waals surface area contributed by atoms with E-state index in [1.807, 2.05) is 61.5 Å². The van der Waals surface area contributed by atoms with Crippen LogP contribution in [0.5, 0.6) is 0 Å². The molecular weight excluding hydrogens is 450 g/mol. The van der Waals surface area contributed by atoms with E-state index in [2.05, 4.69) is 5.32 Å². The van der Waals surface area contributed by atoms with E-state index in [1.54, 1.807) is 16.3 Å². The molecule has 2 heterocycles. The first kappa shape index (κ1) is 22.3. The number of hydrogen-bond donors (Lipinski definition) is 1. The predicted molar refractivity (Wildman–Crippen MR) is 134 cm³/mol. The largest absolute Gasteiger partial charge is 0.351 e. The molecule has 0 saturated heterocycles. The highest BCUT2D eigenvalue weighted by Gasteiger charge is 2.39. The molecule has 0 spiro atoms. The average Bonchev–Trinajstić information content (AvgIpc) is 3.21. The van der Waals surface area contributed by atoms with Gasteiger partial charge < -0.3 is 5.32 Å². The summed E-state index contributed by atoms with van der Waals surface area (Å²) in [6, 6.07) is 17.8. The molecule has 1 saturated carbocycles. The van der Waals surface area contributed by atoms with Crippen molar-refractivity contribution in [2.75, 3.05) is 5.75 Å². The molecule has 2 atom stereocenters. The molecule has 2 aromatic carbocycles. The summed E-state index contributed by atoms with van der Waals surface area (Å²) in [5.41, 5.74) is 3.86. The maximum absolute atomic E-state index is 13.8. The Kier molecular flexibility index (Phi) is 6.60. The number of amides is 1. The van der Waals surface area contributed by atoms with Gasteiger partial charge in [-0.25, -0.2) is 4.98 Å². The highest BCUT2D eigenvalue weighted by molar-refractivity contribution is 8.00. The molecule has 170 valence electrons. The number of aromatic nitrogens is 2. The highest BCUT2D eigenvalue weighted by atomic mass is 32.2. The van der Waals surface area contributed by atoms with Gasteiger partial charge in [0.05, 0.1) is 17.0 Å². The first-order chi connectivity index (χ1) is 16.1. The van der Waals surface area contributed by atoms with E-state index in [4.69, 9.17) is 4.98 Å². The van der Waals surface area contributed by atoms with Crippen LogP contribution < -0.4 is 10.9 Å². The maximum Gasteiger partial charge on any atom is 0.263 e. The van der Waals surface area contributed by atoms with E-state index in [0.717, 1.165) is 40.2 Å². The van der Waals surface area contributed by atoms with Gasteiger partial charge in [0, 0.05) is 17.7 Å². The summed E-state index contributed by atoms with van der Waals surface area (Å²) in [4.78, 5) is 31.3. The zero-order valence-corrected chi connectivity index (χ0v) is 20.3. The number of nitrogens with zero attached hydrogens (tertiary/aromatic N) is 2. The highest BCUT2D eigenvalue weighted by Crippen LogP contribution is 2.50. The fourth-order valence-electron chi connectivity index (χ4n) is 4.68. The van der Waals surface area contributed by atoms with Crippen LogP contribution in [0.15, 0.2) is 69.6 Å². The van der Waals surface area contributed by atoms with Gasteiger partial charge in [0.2, 0.25) is 5.91 Å². The van der Waals surface area contributed by atoms with Crippen molar-refractivity contribution < 1.29 is 4.79 Å². The number of aryl methyl sites for hydroxylation is 1. The average molecular weight is 478 g/mol. The van der Waals surface area contributed by atoms with Crippen molar-refractivity contribution in [3.63, 3.8) is 0 Å². The van der Waals surface area contributed by atoms with Crippen molar-refractivity contribution in [1.29, 1.82) is 0 Å². The Morgan fingerprint density at radius 2 is 1.97 bits per heavy atom. The number of fused-ring (bicyclic) bond motifs is 3. The normalized spacial score (nSPS) is 19.1.